The molecule has 0 bridgehead atoms. The highest BCUT2D eigenvalue weighted by molar-refractivity contribution is 7.89. The fourth-order valence-electron chi connectivity index (χ4n) is 2.25. The van der Waals surface area contributed by atoms with E-state index in [1.807, 2.05) is 0 Å². The van der Waals surface area contributed by atoms with E-state index in [1.54, 1.807) is 0 Å². The Balaban J connectivity index is 2.71. The summed E-state index contributed by atoms with van der Waals surface area (Å²) in [6.45, 7) is -1.54. The number of hydrogen-bond acceptors (Lipinski definition) is 4. The average molecular weight is 456 g/mol. The van der Waals surface area contributed by atoms with Crippen LogP contribution in [0.3, 0.4) is 0 Å². The van der Waals surface area contributed by atoms with Crippen molar-refractivity contribution in [2.45, 2.75) is 18.0 Å². The Morgan fingerprint density at radius 2 is 1.89 bits per heavy atom. The largest absolute Gasteiger partial charge is 0.592 e. The van der Waals surface area contributed by atoms with Crippen LogP contribution in [0.2, 0.25) is 5.02 Å². The van der Waals surface area contributed by atoms with Gasteiger partial charge in [-0.05, 0) is 16.5 Å². The van der Waals surface area contributed by atoms with Gasteiger partial charge in [0.2, 0.25) is 6.04 Å². The molecule has 27 heavy (non-hydrogen) atoms. The summed E-state index contributed by atoms with van der Waals surface area (Å²) in [5.74, 6) is -5.27. The van der Waals surface area contributed by atoms with Crippen molar-refractivity contribution in [3.05, 3.63) is 39.3 Å². The Bertz CT molecular complexity index is 791. The van der Waals surface area contributed by atoms with Gasteiger partial charge >= 0.3 is 11.9 Å². The Labute approximate surface area is 160 Å². The van der Waals surface area contributed by atoms with Gasteiger partial charge in [0.05, 0.1) is 27.4 Å². The van der Waals surface area contributed by atoms with Gasteiger partial charge in [0.1, 0.15) is 23.7 Å². The molecule has 2 atom stereocenters. The van der Waals surface area contributed by atoms with E-state index in [0.29, 0.717) is 0 Å². The summed E-state index contributed by atoms with van der Waals surface area (Å²) < 4.78 is 104. The summed E-state index contributed by atoms with van der Waals surface area (Å²) in [5.41, 5.74) is -3.27. The highest BCUT2D eigenvalue weighted by atomic mass is 35.5. The maximum Gasteiger partial charge on any atom is 0.418 e. The molecule has 1 aromatic rings. The molecule has 1 aliphatic rings. The molecule has 0 spiro atoms. The molecule has 1 heterocycles. The van der Waals surface area contributed by atoms with Crippen LogP contribution in [-0.2, 0) is 17.5 Å². The first-order chi connectivity index (χ1) is 12.4. The fraction of sp³-hybridized carbons (Fsp3) is 0.308. The third kappa shape index (κ3) is 3.93. The van der Waals surface area contributed by atoms with E-state index in [0.717, 1.165) is 0 Å². The summed E-state index contributed by atoms with van der Waals surface area (Å²) >= 11 is 8.09. The second kappa shape index (κ2) is 7.92. The zero-order chi connectivity index (χ0) is 20.7. The van der Waals surface area contributed by atoms with E-state index >= 15 is 0 Å². The van der Waals surface area contributed by atoms with Gasteiger partial charge < -0.3 is 4.55 Å². The number of nitrogens with zero attached hydrogens (tertiary/aromatic N) is 3. The zero-order valence-corrected chi connectivity index (χ0v) is 14.9. The Morgan fingerprint density at radius 1 is 1.30 bits per heavy atom. The van der Waals surface area contributed by atoms with Gasteiger partial charge in [0.25, 0.3) is 0 Å². The molecule has 0 saturated heterocycles. The highest BCUT2D eigenvalue weighted by Gasteiger charge is 2.51. The van der Waals surface area contributed by atoms with Gasteiger partial charge in [-0.3, -0.25) is 0 Å². The van der Waals surface area contributed by atoms with E-state index in [4.69, 9.17) is 28.5 Å². The quantitative estimate of drug-likeness (QED) is 0.486. The summed E-state index contributed by atoms with van der Waals surface area (Å²) in [7, 11) is 0. The third-order valence-corrected chi connectivity index (χ3v) is 5.09. The minimum absolute atomic E-state index is 0.00581. The summed E-state index contributed by atoms with van der Waals surface area (Å²) in [4.78, 5) is 0. The standard InChI is InChI=1S/C13H6Cl2F7N3OS/c14-6-1-5(13(20,21)22)2-7(17)11(6)24-8(3-16)10(15)9(4-23)25(24)27(26)12(18)19/h1-2,9,12H,3H2. The Kier molecular flexibility index (Phi) is 6.43. The van der Waals surface area contributed by atoms with Crippen molar-refractivity contribution >= 4 is 40.3 Å². The molecule has 1 aromatic carbocycles. The van der Waals surface area contributed by atoms with E-state index in [1.165, 1.54) is 6.07 Å². The third-order valence-electron chi connectivity index (χ3n) is 3.33. The molecule has 0 radical (unpaired) electrons. The normalized spacial score (nSPS) is 19.8. The Morgan fingerprint density at radius 3 is 2.30 bits per heavy atom. The van der Waals surface area contributed by atoms with Gasteiger partial charge in [0, 0.05) is 0 Å². The molecule has 0 saturated carbocycles. The smallest absolute Gasteiger partial charge is 0.418 e. The van der Waals surface area contributed by atoms with Crippen LogP contribution in [0, 0.1) is 17.1 Å². The van der Waals surface area contributed by atoms with Gasteiger partial charge in [-0.25, -0.2) is 13.8 Å². The lowest BCUT2D eigenvalue weighted by molar-refractivity contribution is -0.137. The van der Waals surface area contributed by atoms with Crippen LogP contribution in [-0.4, -0.2) is 27.4 Å². The second-order valence-corrected chi connectivity index (χ2v) is 6.99. The second-order valence-electron chi connectivity index (χ2n) is 4.90. The van der Waals surface area contributed by atoms with Crippen LogP contribution in [0.4, 0.5) is 36.4 Å². The lowest BCUT2D eigenvalue weighted by Gasteiger charge is -2.32. The topological polar surface area (TPSA) is 53.3 Å². The number of nitriles is 1. The molecule has 2 rings (SSSR count). The van der Waals surface area contributed by atoms with Crippen molar-refractivity contribution in [3.8, 4) is 6.07 Å². The van der Waals surface area contributed by atoms with E-state index < -0.39 is 68.8 Å². The molecule has 0 aliphatic carbocycles. The van der Waals surface area contributed by atoms with E-state index in [9.17, 15) is 35.3 Å². The van der Waals surface area contributed by atoms with E-state index in [-0.39, 0.29) is 21.6 Å². The maximum atomic E-state index is 14.4. The number of benzene rings is 1. The molecule has 2 unspecified atom stereocenters. The van der Waals surface area contributed by atoms with Crippen molar-refractivity contribution in [3.63, 3.8) is 0 Å². The lowest BCUT2D eigenvalue weighted by atomic mass is 10.1. The van der Waals surface area contributed by atoms with Crippen molar-refractivity contribution in [2.24, 2.45) is 0 Å². The molecular formula is C13H6Cl2F7N3OS. The minimum atomic E-state index is -4.98. The summed E-state index contributed by atoms with van der Waals surface area (Å²) in [6.07, 6.45) is -4.98. The van der Waals surface area contributed by atoms with Crippen LogP contribution in [0.5, 0.6) is 0 Å². The predicted octanol–water partition coefficient (Wildman–Crippen LogP) is 4.73. The number of rotatable bonds is 4. The minimum Gasteiger partial charge on any atom is -0.592 e. The molecule has 0 aromatic heterocycles. The number of halogens is 9. The van der Waals surface area contributed by atoms with Crippen molar-refractivity contribution < 1.29 is 35.3 Å². The van der Waals surface area contributed by atoms with Crippen LogP contribution in [0.15, 0.2) is 22.9 Å². The number of allylic oxidation sites excluding steroid dienone is 1. The molecule has 0 N–H and O–H groups in total. The fourth-order valence-corrected chi connectivity index (χ4v) is 3.73. The van der Waals surface area contributed by atoms with E-state index in [2.05, 4.69) is 0 Å². The molecule has 4 nitrogen and oxygen atoms in total. The number of alkyl halides is 6. The summed E-state index contributed by atoms with van der Waals surface area (Å²) in [6, 6.07) is -0.239. The summed E-state index contributed by atoms with van der Waals surface area (Å²) in [5, 5.41) is 7.65. The number of anilines is 1. The number of hydrazine groups is 1. The average Bonchev–Trinajstić information content (AvgIpc) is 2.83. The molecule has 0 fully saturated rings. The number of hydrogen-bond donors (Lipinski definition) is 0. The van der Waals surface area contributed by atoms with Crippen molar-refractivity contribution in [2.75, 3.05) is 11.7 Å². The lowest BCUT2D eigenvalue weighted by Crippen LogP contribution is -2.49. The van der Waals surface area contributed by atoms with Crippen LogP contribution < -0.4 is 5.01 Å². The SMILES string of the molecule is N#CC1C(Cl)=C(CF)N(c2c(F)cc(C(F)(F)F)cc2Cl)N1[S+]([O-])C(F)F. The first-order valence-corrected chi connectivity index (χ1v) is 8.56. The van der Waals surface area contributed by atoms with Crippen LogP contribution in [0.25, 0.3) is 0 Å². The van der Waals surface area contributed by atoms with Crippen molar-refractivity contribution in [1.82, 2.24) is 4.41 Å². The molecular weight excluding hydrogens is 450 g/mol. The molecule has 0 amide bonds. The maximum absolute atomic E-state index is 14.4. The Hall–Kier alpha value is -1.39. The first kappa shape index (κ1) is 21.9. The van der Waals surface area contributed by atoms with Crippen LogP contribution in [0.1, 0.15) is 5.56 Å². The van der Waals surface area contributed by atoms with Gasteiger partial charge in [-0.2, -0.15) is 27.2 Å². The highest BCUT2D eigenvalue weighted by Crippen LogP contribution is 2.44. The molecule has 14 heteroatoms. The zero-order valence-electron chi connectivity index (χ0n) is 12.6. The monoisotopic (exact) mass is 455 g/mol. The van der Waals surface area contributed by atoms with Crippen LogP contribution >= 0.6 is 23.2 Å². The first-order valence-electron chi connectivity index (χ1n) is 6.64. The van der Waals surface area contributed by atoms with Gasteiger partial charge in [-0.15, -0.1) is 0 Å². The van der Waals surface area contributed by atoms with Gasteiger partial charge in [0.15, 0.2) is 5.82 Å². The molecule has 148 valence electrons. The molecule has 1 aliphatic heterocycles. The van der Waals surface area contributed by atoms with Gasteiger partial charge in [-0.1, -0.05) is 23.2 Å². The van der Waals surface area contributed by atoms with Crippen molar-refractivity contribution in [1.29, 1.82) is 5.26 Å². The predicted molar refractivity (Wildman–Crippen MR) is 83.1 cm³/mol.